The Bertz CT molecular complexity index is 475. The summed E-state index contributed by atoms with van der Waals surface area (Å²) >= 11 is 0. The van der Waals surface area contributed by atoms with Crippen LogP contribution in [0.1, 0.15) is 18.4 Å². The lowest BCUT2D eigenvalue weighted by Gasteiger charge is -2.20. The van der Waals surface area contributed by atoms with E-state index in [0.29, 0.717) is 12.5 Å². The largest absolute Gasteiger partial charge is 0.464 e. The minimum atomic E-state index is -0.0428. The van der Waals surface area contributed by atoms with Crippen molar-refractivity contribution in [2.75, 3.05) is 31.6 Å². The first-order valence-electron chi connectivity index (χ1n) is 7.29. The zero-order valence-electron chi connectivity index (χ0n) is 11.8. The first kappa shape index (κ1) is 13.4. The Hall–Kier alpha value is -1.62. The fourth-order valence-corrected chi connectivity index (χ4v) is 2.95. The second-order valence-corrected chi connectivity index (χ2v) is 5.72. The van der Waals surface area contributed by atoms with E-state index in [1.165, 1.54) is 5.56 Å². The van der Waals surface area contributed by atoms with Crippen LogP contribution in [0, 0.1) is 12.8 Å². The van der Waals surface area contributed by atoms with E-state index < -0.39 is 0 Å². The summed E-state index contributed by atoms with van der Waals surface area (Å²) in [6.07, 6.45) is 3.85. The summed E-state index contributed by atoms with van der Waals surface area (Å²) in [5.41, 5.74) is 1.17. The fourth-order valence-electron chi connectivity index (χ4n) is 2.95. The van der Waals surface area contributed by atoms with Gasteiger partial charge in [0.1, 0.15) is 11.9 Å². The monoisotopic (exact) mass is 275 g/mol. The third-order valence-corrected chi connectivity index (χ3v) is 4.15. The summed E-state index contributed by atoms with van der Waals surface area (Å²) in [6.45, 7) is 5.49. The van der Waals surface area contributed by atoms with E-state index in [2.05, 4.69) is 21.3 Å². The third-order valence-electron chi connectivity index (χ3n) is 4.15. The number of pyridine rings is 1. The lowest BCUT2D eigenvalue weighted by atomic mass is 10.1. The molecule has 2 atom stereocenters. The molecule has 1 N–H and O–H groups in total. The summed E-state index contributed by atoms with van der Waals surface area (Å²) in [6, 6.07) is 4.07. The van der Waals surface area contributed by atoms with Crippen LogP contribution < -0.4 is 5.32 Å². The summed E-state index contributed by atoms with van der Waals surface area (Å²) in [5, 5.41) is 3.38. The van der Waals surface area contributed by atoms with Crippen LogP contribution in [0.4, 0.5) is 5.82 Å². The Balaban J connectivity index is 1.48. The van der Waals surface area contributed by atoms with Crippen molar-refractivity contribution in [2.24, 2.45) is 5.92 Å². The molecule has 20 heavy (non-hydrogen) atoms. The Labute approximate surface area is 119 Å². The lowest BCUT2D eigenvalue weighted by molar-refractivity contribution is -0.142. The molecule has 1 aromatic heterocycles. The predicted molar refractivity (Wildman–Crippen MR) is 76.5 cm³/mol. The number of ether oxygens (including phenoxy) is 1. The number of carbonyl (C=O) groups is 1. The van der Waals surface area contributed by atoms with Gasteiger partial charge in [-0.25, -0.2) is 4.98 Å². The van der Waals surface area contributed by atoms with Gasteiger partial charge in [0, 0.05) is 25.7 Å². The molecule has 3 rings (SSSR count). The SMILES string of the molecule is Cc1ccc(NC[C@H]2CCN([C@@H]3CCOC3=O)C2)nc1. The molecular weight excluding hydrogens is 254 g/mol. The molecule has 0 unspecified atom stereocenters. The minimum absolute atomic E-state index is 0.00231. The van der Waals surface area contributed by atoms with Gasteiger partial charge in [-0.2, -0.15) is 0 Å². The number of anilines is 1. The molecule has 0 saturated carbocycles. The first-order valence-corrected chi connectivity index (χ1v) is 7.29. The van der Waals surface area contributed by atoms with Crippen LogP contribution in [0.25, 0.3) is 0 Å². The standard InChI is InChI=1S/C15H21N3O2/c1-11-2-3-14(16-8-11)17-9-12-4-6-18(10-12)13-5-7-20-15(13)19/h2-3,8,12-13H,4-7,9-10H2,1H3,(H,16,17)/t12-,13-/m1/s1. The van der Waals surface area contributed by atoms with Gasteiger partial charge in [0.15, 0.2) is 0 Å². The Kier molecular flexibility index (Phi) is 3.87. The van der Waals surface area contributed by atoms with Gasteiger partial charge in [0.05, 0.1) is 6.61 Å². The highest BCUT2D eigenvalue weighted by atomic mass is 16.5. The van der Waals surface area contributed by atoms with Crippen molar-refractivity contribution in [2.45, 2.75) is 25.8 Å². The Morgan fingerprint density at radius 2 is 2.35 bits per heavy atom. The number of aromatic nitrogens is 1. The van der Waals surface area contributed by atoms with Gasteiger partial charge in [-0.05, 0) is 37.4 Å². The number of hydrogen-bond donors (Lipinski definition) is 1. The molecule has 0 aliphatic carbocycles. The van der Waals surface area contributed by atoms with Crippen molar-refractivity contribution < 1.29 is 9.53 Å². The number of likely N-dealkylation sites (tertiary alicyclic amines) is 1. The summed E-state index contributed by atoms with van der Waals surface area (Å²) < 4.78 is 5.05. The average molecular weight is 275 g/mol. The minimum Gasteiger partial charge on any atom is -0.464 e. The number of nitrogens with zero attached hydrogens (tertiary/aromatic N) is 2. The normalized spacial score (nSPS) is 26.8. The van der Waals surface area contributed by atoms with Crippen molar-refractivity contribution in [3.8, 4) is 0 Å². The van der Waals surface area contributed by atoms with E-state index in [1.807, 2.05) is 19.2 Å². The number of rotatable bonds is 4. The molecule has 0 bridgehead atoms. The van der Waals surface area contributed by atoms with Gasteiger partial charge in [-0.1, -0.05) is 6.07 Å². The van der Waals surface area contributed by atoms with E-state index in [-0.39, 0.29) is 12.0 Å². The highest BCUT2D eigenvalue weighted by Crippen LogP contribution is 2.23. The Morgan fingerprint density at radius 3 is 3.05 bits per heavy atom. The summed E-state index contributed by atoms with van der Waals surface area (Å²) in [5.74, 6) is 1.46. The average Bonchev–Trinajstić information content (AvgIpc) is 3.06. The van der Waals surface area contributed by atoms with Crippen molar-refractivity contribution in [3.05, 3.63) is 23.9 Å². The van der Waals surface area contributed by atoms with Crippen molar-refractivity contribution >= 4 is 11.8 Å². The van der Waals surface area contributed by atoms with Gasteiger partial charge in [0.25, 0.3) is 0 Å². The first-order chi connectivity index (χ1) is 9.72. The van der Waals surface area contributed by atoms with Crippen LogP contribution in [0.15, 0.2) is 18.3 Å². The van der Waals surface area contributed by atoms with E-state index in [4.69, 9.17) is 4.74 Å². The van der Waals surface area contributed by atoms with E-state index in [1.54, 1.807) is 0 Å². The molecule has 2 aliphatic rings. The molecule has 0 spiro atoms. The number of hydrogen-bond acceptors (Lipinski definition) is 5. The maximum Gasteiger partial charge on any atom is 0.323 e. The fraction of sp³-hybridized carbons (Fsp3) is 0.600. The third kappa shape index (κ3) is 2.93. The second kappa shape index (κ2) is 5.79. The summed E-state index contributed by atoms with van der Waals surface area (Å²) in [7, 11) is 0. The van der Waals surface area contributed by atoms with Crippen LogP contribution >= 0.6 is 0 Å². The molecule has 108 valence electrons. The lowest BCUT2D eigenvalue weighted by Crippen LogP contribution is -2.37. The van der Waals surface area contributed by atoms with Gasteiger partial charge in [0.2, 0.25) is 0 Å². The zero-order valence-corrected chi connectivity index (χ0v) is 11.8. The number of esters is 1. The second-order valence-electron chi connectivity index (χ2n) is 5.72. The van der Waals surface area contributed by atoms with E-state index in [9.17, 15) is 4.79 Å². The number of aryl methyl sites for hydroxylation is 1. The molecule has 2 aliphatic heterocycles. The Morgan fingerprint density at radius 1 is 1.45 bits per heavy atom. The number of nitrogens with one attached hydrogen (secondary N) is 1. The van der Waals surface area contributed by atoms with Crippen LogP contribution in [-0.4, -0.2) is 48.1 Å². The van der Waals surface area contributed by atoms with Gasteiger partial charge < -0.3 is 10.1 Å². The molecule has 5 heteroatoms. The molecule has 2 saturated heterocycles. The topological polar surface area (TPSA) is 54.5 Å². The summed E-state index contributed by atoms with van der Waals surface area (Å²) in [4.78, 5) is 18.2. The van der Waals surface area contributed by atoms with Gasteiger partial charge in [-0.3, -0.25) is 9.69 Å². The smallest absolute Gasteiger partial charge is 0.323 e. The van der Waals surface area contributed by atoms with Crippen LogP contribution in [0.5, 0.6) is 0 Å². The maximum absolute atomic E-state index is 11.6. The highest BCUT2D eigenvalue weighted by Gasteiger charge is 2.36. The highest BCUT2D eigenvalue weighted by molar-refractivity contribution is 5.77. The molecule has 5 nitrogen and oxygen atoms in total. The predicted octanol–water partition coefficient (Wildman–Crippen LogP) is 1.44. The van der Waals surface area contributed by atoms with E-state index >= 15 is 0 Å². The van der Waals surface area contributed by atoms with Crippen LogP contribution in [-0.2, 0) is 9.53 Å². The van der Waals surface area contributed by atoms with Crippen molar-refractivity contribution in [1.82, 2.24) is 9.88 Å². The van der Waals surface area contributed by atoms with Crippen molar-refractivity contribution in [1.29, 1.82) is 0 Å². The zero-order chi connectivity index (χ0) is 13.9. The molecular formula is C15H21N3O2. The van der Waals surface area contributed by atoms with Crippen LogP contribution in [0.2, 0.25) is 0 Å². The molecule has 0 radical (unpaired) electrons. The van der Waals surface area contributed by atoms with E-state index in [0.717, 1.165) is 38.3 Å². The molecule has 0 amide bonds. The number of cyclic esters (lactones) is 1. The van der Waals surface area contributed by atoms with Crippen molar-refractivity contribution in [3.63, 3.8) is 0 Å². The van der Waals surface area contributed by atoms with Gasteiger partial charge in [-0.15, -0.1) is 0 Å². The van der Waals surface area contributed by atoms with Gasteiger partial charge >= 0.3 is 5.97 Å². The molecule has 1 aromatic rings. The molecule has 3 heterocycles. The quantitative estimate of drug-likeness (QED) is 0.843. The number of carbonyl (C=O) groups excluding carboxylic acids is 1. The molecule has 0 aromatic carbocycles. The maximum atomic E-state index is 11.6. The van der Waals surface area contributed by atoms with Crippen LogP contribution in [0.3, 0.4) is 0 Å². The molecule has 2 fully saturated rings.